The van der Waals surface area contributed by atoms with Crippen LogP contribution in [0.15, 0.2) is 49.1 Å². The molecular formula is C21H21N5O2. The zero-order valence-electron chi connectivity index (χ0n) is 15.6. The average Bonchev–Trinajstić information content (AvgIpc) is 3.34. The molecule has 1 aliphatic rings. The van der Waals surface area contributed by atoms with Crippen molar-refractivity contribution in [3.05, 3.63) is 54.6 Å². The van der Waals surface area contributed by atoms with E-state index in [1.807, 2.05) is 29.0 Å². The molecule has 0 radical (unpaired) electrons. The molecule has 2 atom stereocenters. The van der Waals surface area contributed by atoms with Crippen molar-refractivity contribution in [3.8, 4) is 5.75 Å². The number of anilines is 1. The van der Waals surface area contributed by atoms with Crippen LogP contribution in [-0.4, -0.2) is 32.2 Å². The molecule has 0 aliphatic carbocycles. The van der Waals surface area contributed by atoms with E-state index in [1.165, 1.54) is 6.33 Å². The van der Waals surface area contributed by atoms with Crippen molar-refractivity contribution in [2.75, 3.05) is 12.3 Å². The van der Waals surface area contributed by atoms with Crippen LogP contribution in [0, 0.1) is 6.92 Å². The number of ether oxygens (including phenoxy) is 2. The second-order valence-corrected chi connectivity index (χ2v) is 7.13. The predicted octanol–water partition coefficient (Wildman–Crippen LogP) is 3.63. The summed E-state index contributed by atoms with van der Waals surface area (Å²) in [4.78, 5) is 12.8. The van der Waals surface area contributed by atoms with Crippen molar-refractivity contribution in [1.82, 2.24) is 19.5 Å². The van der Waals surface area contributed by atoms with Gasteiger partial charge in [-0.15, -0.1) is 0 Å². The number of pyridine rings is 1. The molecule has 0 saturated carbocycles. The first kappa shape index (κ1) is 16.9. The number of hydrogen-bond donors (Lipinski definition) is 1. The van der Waals surface area contributed by atoms with E-state index in [9.17, 15) is 0 Å². The van der Waals surface area contributed by atoms with E-state index in [0.29, 0.717) is 12.4 Å². The number of benzene rings is 1. The van der Waals surface area contributed by atoms with E-state index in [-0.39, 0.29) is 12.3 Å². The van der Waals surface area contributed by atoms with Gasteiger partial charge in [-0.25, -0.2) is 9.97 Å². The van der Waals surface area contributed by atoms with Crippen molar-refractivity contribution < 1.29 is 9.47 Å². The zero-order valence-corrected chi connectivity index (χ0v) is 15.6. The highest BCUT2D eigenvalue weighted by Gasteiger charge is 2.28. The van der Waals surface area contributed by atoms with Crippen LogP contribution in [0.5, 0.6) is 5.75 Å². The Kier molecular flexibility index (Phi) is 4.09. The molecule has 5 rings (SSSR count). The van der Waals surface area contributed by atoms with Gasteiger partial charge in [-0.05, 0) is 43.5 Å². The predicted molar refractivity (Wildman–Crippen MR) is 107 cm³/mol. The molecule has 2 unspecified atom stereocenters. The Bertz CT molecular complexity index is 1160. The van der Waals surface area contributed by atoms with E-state index in [1.54, 1.807) is 6.20 Å². The molecule has 1 aliphatic heterocycles. The quantitative estimate of drug-likeness (QED) is 0.586. The van der Waals surface area contributed by atoms with Crippen molar-refractivity contribution in [2.24, 2.45) is 0 Å². The Morgan fingerprint density at radius 1 is 1.21 bits per heavy atom. The fourth-order valence-electron chi connectivity index (χ4n) is 3.79. The molecule has 0 amide bonds. The van der Waals surface area contributed by atoms with Crippen molar-refractivity contribution in [2.45, 2.75) is 32.1 Å². The molecule has 142 valence electrons. The van der Waals surface area contributed by atoms with Gasteiger partial charge in [0.25, 0.3) is 0 Å². The molecule has 0 bridgehead atoms. The molecule has 28 heavy (non-hydrogen) atoms. The molecule has 0 spiro atoms. The maximum atomic E-state index is 6.22. The van der Waals surface area contributed by atoms with Gasteiger partial charge in [0.1, 0.15) is 36.4 Å². The van der Waals surface area contributed by atoms with Crippen molar-refractivity contribution in [1.29, 1.82) is 0 Å². The summed E-state index contributed by atoms with van der Waals surface area (Å²) in [5, 5.41) is 1.97. The van der Waals surface area contributed by atoms with Gasteiger partial charge in [0, 0.05) is 23.8 Å². The summed E-state index contributed by atoms with van der Waals surface area (Å²) in [6, 6.07) is 10.0. The second-order valence-electron chi connectivity index (χ2n) is 7.13. The highest BCUT2D eigenvalue weighted by Crippen LogP contribution is 2.33. The molecular weight excluding hydrogens is 354 g/mol. The van der Waals surface area contributed by atoms with Crippen molar-refractivity contribution >= 4 is 27.8 Å². The van der Waals surface area contributed by atoms with Gasteiger partial charge in [-0.1, -0.05) is 6.07 Å². The third-order valence-electron chi connectivity index (χ3n) is 5.26. The lowest BCUT2D eigenvalue weighted by Gasteiger charge is -2.17. The lowest BCUT2D eigenvalue weighted by atomic mass is 10.1. The number of nitrogen functional groups attached to an aromatic ring is 1. The molecule has 7 nitrogen and oxygen atoms in total. The second kappa shape index (κ2) is 6.76. The first-order valence-electron chi connectivity index (χ1n) is 9.40. The summed E-state index contributed by atoms with van der Waals surface area (Å²) in [6.45, 7) is 2.56. The first-order valence-corrected chi connectivity index (χ1v) is 9.40. The largest absolute Gasteiger partial charge is 0.491 e. The highest BCUT2D eigenvalue weighted by atomic mass is 16.6. The molecule has 4 aromatic rings. The number of aryl methyl sites for hydroxylation is 1. The monoisotopic (exact) mass is 375 g/mol. The zero-order chi connectivity index (χ0) is 19.1. The standard InChI is InChI=1S/C21H21N5O2/c1-13-9-14-3-2-7-23-17(14)10-18(13)27-11-15-4-5-19(28-15)26-8-6-16-20(22)24-12-25-21(16)26/h2-3,6-10,12,15,19H,4-5,11H2,1H3,(H2,22,24,25). The SMILES string of the molecule is Cc1cc2cccnc2cc1OCC1CCC(n2ccc3c(N)ncnc32)O1. The summed E-state index contributed by atoms with van der Waals surface area (Å²) in [7, 11) is 0. The van der Waals surface area contributed by atoms with Crippen LogP contribution >= 0.6 is 0 Å². The molecule has 2 N–H and O–H groups in total. The summed E-state index contributed by atoms with van der Waals surface area (Å²) in [5.41, 5.74) is 8.76. The Morgan fingerprint density at radius 2 is 2.14 bits per heavy atom. The summed E-state index contributed by atoms with van der Waals surface area (Å²) < 4.78 is 14.3. The average molecular weight is 375 g/mol. The van der Waals surface area contributed by atoms with E-state index in [4.69, 9.17) is 15.2 Å². The third kappa shape index (κ3) is 2.93. The van der Waals surface area contributed by atoms with Crippen LogP contribution in [0.3, 0.4) is 0 Å². The maximum absolute atomic E-state index is 6.22. The van der Waals surface area contributed by atoms with E-state index < -0.39 is 0 Å². The normalized spacial score (nSPS) is 19.5. The minimum atomic E-state index is -0.0697. The van der Waals surface area contributed by atoms with Crippen LogP contribution < -0.4 is 10.5 Å². The lowest BCUT2D eigenvalue weighted by Crippen LogP contribution is -2.18. The Balaban J connectivity index is 1.29. The minimum absolute atomic E-state index is 0.0282. The van der Waals surface area contributed by atoms with Gasteiger partial charge in [-0.2, -0.15) is 0 Å². The Labute approximate surface area is 162 Å². The van der Waals surface area contributed by atoms with E-state index in [2.05, 4.69) is 34.0 Å². The Morgan fingerprint density at radius 3 is 3.07 bits per heavy atom. The van der Waals surface area contributed by atoms with Crippen LogP contribution in [-0.2, 0) is 4.74 Å². The van der Waals surface area contributed by atoms with Gasteiger partial charge in [0.2, 0.25) is 0 Å². The summed E-state index contributed by atoms with van der Waals surface area (Å²) in [6.07, 6.45) is 7.03. The molecule has 1 saturated heterocycles. The van der Waals surface area contributed by atoms with Crippen LogP contribution in [0.25, 0.3) is 21.9 Å². The molecule has 1 fully saturated rings. The number of rotatable bonds is 4. The van der Waals surface area contributed by atoms with Gasteiger partial charge in [0.05, 0.1) is 17.0 Å². The summed E-state index contributed by atoms with van der Waals surface area (Å²) in [5.74, 6) is 1.34. The van der Waals surface area contributed by atoms with Crippen LogP contribution in [0.4, 0.5) is 5.82 Å². The third-order valence-corrected chi connectivity index (χ3v) is 5.26. The minimum Gasteiger partial charge on any atom is -0.491 e. The van der Waals surface area contributed by atoms with Crippen LogP contribution in [0.1, 0.15) is 24.6 Å². The summed E-state index contributed by atoms with van der Waals surface area (Å²) >= 11 is 0. The fraction of sp³-hybridized carbons (Fsp3) is 0.286. The van der Waals surface area contributed by atoms with Crippen molar-refractivity contribution in [3.63, 3.8) is 0 Å². The van der Waals surface area contributed by atoms with E-state index in [0.717, 1.165) is 46.1 Å². The van der Waals surface area contributed by atoms with Gasteiger partial charge in [0.15, 0.2) is 0 Å². The number of nitrogens with two attached hydrogens (primary N) is 1. The number of nitrogens with zero attached hydrogens (tertiary/aromatic N) is 4. The topological polar surface area (TPSA) is 88.1 Å². The van der Waals surface area contributed by atoms with Crippen LogP contribution in [0.2, 0.25) is 0 Å². The maximum Gasteiger partial charge on any atom is 0.147 e. The lowest BCUT2D eigenvalue weighted by molar-refractivity contribution is -0.0156. The first-order chi connectivity index (χ1) is 13.7. The van der Waals surface area contributed by atoms with Gasteiger partial charge in [-0.3, -0.25) is 4.98 Å². The number of aromatic nitrogens is 4. The number of fused-ring (bicyclic) bond motifs is 2. The smallest absolute Gasteiger partial charge is 0.147 e. The number of hydrogen-bond acceptors (Lipinski definition) is 6. The molecule has 7 heteroatoms. The van der Waals surface area contributed by atoms with Gasteiger partial charge < -0.3 is 19.8 Å². The fourth-order valence-corrected chi connectivity index (χ4v) is 3.79. The van der Waals surface area contributed by atoms with E-state index >= 15 is 0 Å². The molecule has 4 heterocycles. The Hall–Kier alpha value is -3.19. The molecule has 1 aromatic carbocycles. The van der Waals surface area contributed by atoms with Gasteiger partial charge >= 0.3 is 0 Å². The highest BCUT2D eigenvalue weighted by molar-refractivity contribution is 5.86. The molecule has 3 aromatic heterocycles.